The maximum absolute atomic E-state index is 12.4. The lowest BCUT2D eigenvalue weighted by atomic mass is 10.1. The summed E-state index contributed by atoms with van der Waals surface area (Å²) in [5, 5.41) is 3.57. The number of pyridine rings is 1. The van der Waals surface area contributed by atoms with Crippen molar-refractivity contribution in [3.05, 3.63) is 88.7 Å². The van der Waals surface area contributed by atoms with Crippen molar-refractivity contribution in [3.63, 3.8) is 0 Å². The van der Waals surface area contributed by atoms with Crippen molar-refractivity contribution in [2.45, 2.75) is 25.7 Å². The van der Waals surface area contributed by atoms with Gasteiger partial charge < -0.3 is 14.8 Å². The fraction of sp³-hybridized carbons (Fsp3) is 0.182. The smallest absolute Gasteiger partial charge is 0.261 e. The highest BCUT2D eigenvalue weighted by Crippen LogP contribution is 2.31. The number of halogens is 1. The Balaban J connectivity index is 1.26. The van der Waals surface area contributed by atoms with Crippen LogP contribution < -0.4 is 14.8 Å². The molecule has 1 N–H and O–H groups in total. The Morgan fingerprint density at radius 3 is 2.82 bits per heavy atom. The third-order valence-electron chi connectivity index (χ3n) is 4.49. The van der Waals surface area contributed by atoms with E-state index in [9.17, 15) is 4.79 Å². The van der Waals surface area contributed by atoms with Gasteiger partial charge in [0, 0.05) is 24.2 Å². The normalized spacial score (nSPS) is 14.8. The zero-order valence-corrected chi connectivity index (χ0v) is 15.9. The summed E-state index contributed by atoms with van der Waals surface area (Å²) in [5.41, 5.74) is 2.82. The van der Waals surface area contributed by atoms with Crippen molar-refractivity contribution in [3.8, 4) is 11.5 Å². The van der Waals surface area contributed by atoms with Crippen LogP contribution in [0.5, 0.6) is 11.5 Å². The third kappa shape index (κ3) is 4.43. The molecule has 1 atom stereocenters. The lowest BCUT2D eigenvalue weighted by Crippen LogP contribution is -2.36. The second-order valence-corrected chi connectivity index (χ2v) is 6.97. The molecular formula is C22H19ClN2O3. The van der Waals surface area contributed by atoms with Gasteiger partial charge in [-0.05, 0) is 53.6 Å². The molecule has 2 aromatic carbocycles. The van der Waals surface area contributed by atoms with Crippen LogP contribution in [-0.2, 0) is 24.4 Å². The van der Waals surface area contributed by atoms with Crippen molar-refractivity contribution in [1.82, 2.24) is 10.3 Å². The van der Waals surface area contributed by atoms with E-state index in [2.05, 4.69) is 10.3 Å². The van der Waals surface area contributed by atoms with Crippen LogP contribution in [0.4, 0.5) is 0 Å². The molecule has 28 heavy (non-hydrogen) atoms. The first kappa shape index (κ1) is 18.3. The first-order valence-electron chi connectivity index (χ1n) is 9.02. The molecule has 0 aliphatic carbocycles. The number of carbonyl (C=O) groups is 1. The Kier molecular flexibility index (Phi) is 5.44. The van der Waals surface area contributed by atoms with Gasteiger partial charge in [0.1, 0.15) is 18.1 Å². The molecule has 3 aromatic rings. The first-order valence-corrected chi connectivity index (χ1v) is 9.39. The summed E-state index contributed by atoms with van der Waals surface area (Å²) < 4.78 is 11.4. The molecule has 0 fully saturated rings. The molecule has 5 nitrogen and oxygen atoms in total. The quantitative estimate of drug-likeness (QED) is 0.688. The van der Waals surface area contributed by atoms with Crippen LogP contribution in [0.25, 0.3) is 0 Å². The van der Waals surface area contributed by atoms with E-state index in [0.717, 1.165) is 28.3 Å². The monoisotopic (exact) mass is 394 g/mol. The van der Waals surface area contributed by atoms with E-state index in [1.807, 2.05) is 48.5 Å². The average molecular weight is 395 g/mol. The van der Waals surface area contributed by atoms with Gasteiger partial charge in [-0.3, -0.25) is 9.78 Å². The maximum Gasteiger partial charge on any atom is 0.261 e. The molecule has 142 valence electrons. The molecule has 4 rings (SSSR count). The standard InChI is InChI=1S/C22H19ClN2O3/c23-17-6-9-20-16(11-17)12-21(28-20)22(26)25-13-15-4-7-19(8-5-15)27-14-18-3-1-2-10-24-18/h1-11,21H,12-14H2,(H,25,26). The molecule has 0 radical (unpaired) electrons. The third-order valence-corrected chi connectivity index (χ3v) is 4.73. The largest absolute Gasteiger partial charge is 0.487 e. The highest BCUT2D eigenvalue weighted by atomic mass is 35.5. The SMILES string of the molecule is O=C(NCc1ccc(OCc2ccccn2)cc1)C1Cc2cc(Cl)ccc2O1. The van der Waals surface area contributed by atoms with Gasteiger partial charge in [0.25, 0.3) is 5.91 Å². The Morgan fingerprint density at radius 1 is 1.18 bits per heavy atom. The lowest BCUT2D eigenvalue weighted by molar-refractivity contribution is -0.127. The van der Waals surface area contributed by atoms with Gasteiger partial charge in [0.15, 0.2) is 6.10 Å². The van der Waals surface area contributed by atoms with Crippen LogP contribution >= 0.6 is 11.6 Å². The van der Waals surface area contributed by atoms with E-state index in [0.29, 0.717) is 24.6 Å². The molecule has 0 spiro atoms. The van der Waals surface area contributed by atoms with E-state index >= 15 is 0 Å². The number of hydrogen-bond donors (Lipinski definition) is 1. The number of nitrogens with zero attached hydrogens (tertiary/aromatic N) is 1. The molecule has 1 aromatic heterocycles. The van der Waals surface area contributed by atoms with Crippen LogP contribution in [0.2, 0.25) is 5.02 Å². The Bertz CT molecular complexity index is 961. The van der Waals surface area contributed by atoms with Crippen molar-refractivity contribution >= 4 is 17.5 Å². The number of fused-ring (bicyclic) bond motifs is 1. The second kappa shape index (κ2) is 8.31. The minimum Gasteiger partial charge on any atom is -0.487 e. The van der Waals surface area contributed by atoms with Crippen LogP contribution in [0.1, 0.15) is 16.8 Å². The fourth-order valence-corrected chi connectivity index (χ4v) is 3.21. The first-order chi connectivity index (χ1) is 13.7. The Hall–Kier alpha value is -3.05. The molecule has 0 saturated carbocycles. The Morgan fingerprint density at radius 2 is 2.04 bits per heavy atom. The van der Waals surface area contributed by atoms with E-state index in [-0.39, 0.29) is 5.91 Å². The predicted octanol–water partition coefficient (Wildman–Crippen LogP) is 3.93. The number of ether oxygens (including phenoxy) is 2. The number of nitrogens with one attached hydrogen (secondary N) is 1. The van der Waals surface area contributed by atoms with Crippen molar-refractivity contribution in [1.29, 1.82) is 0 Å². The minimum absolute atomic E-state index is 0.136. The van der Waals surface area contributed by atoms with E-state index in [4.69, 9.17) is 21.1 Å². The molecule has 1 unspecified atom stereocenters. The molecule has 0 saturated heterocycles. The molecule has 0 bridgehead atoms. The minimum atomic E-state index is -0.519. The van der Waals surface area contributed by atoms with E-state index < -0.39 is 6.10 Å². The lowest BCUT2D eigenvalue weighted by Gasteiger charge is -2.12. The molecular weight excluding hydrogens is 376 g/mol. The molecule has 2 heterocycles. The highest BCUT2D eigenvalue weighted by Gasteiger charge is 2.28. The maximum atomic E-state index is 12.4. The van der Waals surface area contributed by atoms with Crippen LogP contribution in [0.3, 0.4) is 0 Å². The summed E-state index contributed by atoms with van der Waals surface area (Å²) in [6.07, 6.45) is 1.75. The van der Waals surface area contributed by atoms with Gasteiger partial charge in [0.2, 0.25) is 0 Å². The molecule has 1 aliphatic rings. The second-order valence-electron chi connectivity index (χ2n) is 6.53. The van der Waals surface area contributed by atoms with Gasteiger partial charge in [0.05, 0.1) is 5.69 Å². The highest BCUT2D eigenvalue weighted by molar-refractivity contribution is 6.30. The zero-order chi connectivity index (χ0) is 19.3. The summed E-state index contributed by atoms with van der Waals surface area (Å²) in [7, 11) is 0. The molecule has 1 amide bonds. The summed E-state index contributed by atoms with van der Waals surface area (Å²) in [4.78, 5) is 16.6. The van der Waals surface area contributed by atoms with Crippen molar-refractivity contribution < 1.29 is 14.3 Å². The summed E-state index contributed by atoms with van der Waals surface area (Å²) in [6.45, 7) is 0.844. The van der Waals surface area contributed by atoms with E-state index in [1.165, 1.54) is 0 Å². The molecule has 1 aliphatic heterocycles. The van der Waals surface area contributed by atoms with Gasteiger partial charge in [-0.15, -0.1) is 0 Å². The van der Waals surface area contributed by atoms with Gasteiger partial charge in [-0.1, -0.05) is 29.8 Å². The van der Waals surface area contributed by atoms with Gasteiger partial charge in [-0.2, -0.15) is 0 Å². The predicted molar refractivity (Wildman–Crippen MR) is 106 cm³/mol. The van der Waals surface area contributed by atoms with Gasteiger partial charge in [-0.25, -0.2) is 0 Å². The number of aromatic nitrogens is 1. The molecule has 6 heteroatoms. The Labute approximate surface area is 168 Å². The fourth-order valence-electron chi connectivity index (χ4n) is 3.01. The van der Waals surface area contributed by atoms with E-state index in [1.54, 1.807) is 18.3 Å². The summed E-state index contributed by atoms with van der Waals surface area (Å²) in [5.74, 6) is 1.34. The average Bonchev–Trinajstić information content (AvgIpc) is 3.15. The number of rotatable bonds is 6. The topological polar surface area (TPSA) is 60.5 Å². The van der Waals surface area contributed by atoms with Crippen molar-refractivity contribution in [2.75, 3.05) is 0 Å². The number of carbonyl (C=O) groups excluding carboxylic acids is 1. The number of hydrogen-bond acceptors (Lipinski definition) is 4. The number of amides is 1. The summed E-state index contributed by atoms with van der Waals surface area (Å²) >= 11 is 5.99. The van der Waals surface area contributed by atoms with Crippen LogP contribution in [0.15, 0.2) is 66.9 Å². The number of benzene rings is 2. The zero-order valence-electron chi connectivity index (χ0n) is 15.1. The van der Waals surface area contributed by atoms with Crippen molar-refractivity contribution in [2.24, 2.45) is 0 Å². The van der Waals surface area contributed by atoms with Gasteiger partial charge >= 0.3 is 0 Å². The van der Waals surface area contributed by atoms with Crippen LogP contribution in [0, 0.1) is 0 Å². The van der Waals surface area contributed by atoms with Crippen LogP contribution in [-0.4, -0.2) is 17.0 Å². The summed E-state index contributed by atoms with van der Waals surface area (Å²) in [6, 6.07) is 18.7.